The van der Waals surface area contributed by atoms with Gasteiger partial charge in [-0.2, -0.15) is 0 Å². The largest absolute Gasteiger partial charge is 0.477 e. The van der Waals surface area contributed by atoms with Gasteiger partial charge in [-0.05, 0) is 37.7 Å². The molecule has 0 radical (unpaired) electrons. The normalized spacial score (nSPS) is 26.9. The number of aromatic carboxylic acids is 1. The van der Waals surface area contributed by atoms with Crippen LogP contribution < -0.4 is 16.1 Å². The molecule has 1 aliphatic heterocycles. The summed E-state index contributed by atoms with van der Waals surface area (Å²) >= 11 is 0. The van der Waals surface area contributed by atoms with Crippen molar-refractivity contribution in [3.8, 4) is 0 Å². The maximum Gasteiger partial charge on any atom is 0.341 e. The number of carboxylic acid groups (broad SMARTS) is 1. The van der Waals surface area contributed by atoms with Crippen LogP contribution in [0.2, 0.25) is 0 Å². The lowest BCUT2D eigenvalue weighted by Crippen LogP contribution is -2.42. The topological polar surface area (TPSA) is 88.6 Å². The van der Waals surface area contributed by atoms with E-state index in [1.807, 2.05) is 0 Å². The smallest absolute Gasteiger partial charge is 0.341 e. The summed E-state index contributed by atoms with van der Waals surface area (Å²) < 4.78 is 32.0. The molecule has 5 rings (SSSR count). The summed E-state index contributed by atoms with van der Waals surface area (Å²) in [5.74, 6) is -2.81. The van der Waals surface area contributed by atoms with Gasteiger partial charge in [-0.3, -0.25) is 4.79 Å². The predicted molar refractivity (Wildman–Crippen MR) is 95.2 cm³/mol. The number of aromatic nitrogens is 1. The summed E-state index contributed by atoms with van der Waals surface area (Å²) in [4.78, 5) is 25.6. The highest BCUT2D eigenvalue weighted by atomic mass is 19.1. The van der Waals surface area contributed by atoms with Gasteiger partial charge in [0.1, 0.15) is 17.1 Å². The van der Waals surface area contributed by atoms with Crippen molar-refractivity contribution in [2.24, 2.45) is 11.7 Å². The van der Waals surface area contributed by atoms with Crippen molar-refractivity contribution in [3.63, 3.8) is 0 Å². The van der Waals surface area contributed by atoms with Gasteiger partial charge in [0.15, 0.2) is 5.82 Å². The van der Waals surface area contributed by atoms with E-state index in [1.54, 1.807) is 4.90 Å². The van der Waals surface area contributed by atoms with Crippen LogP contribution in [0, 0.1) is 17.6 Å². The van der Waals surface area contributed by atoms with E-state index < -0.39 is 28.6 Å². The minimum absolute atomic E-state index is 0.0137. The third kappa shape index (κ3) is 2.25. The van der Waals surface area contributed by atoms with E-state index in [4.69, 9.17) is 5.73 Å². The Kier molecular flexibility index (Phi) is 3.40. The standard InChI is InChI=1S/C19H19F2N3O3/c20-12-5-10-16(23(8-1-2-8)6-11(18(10)25)19(26)27)15(21)17(12)24-7-13(22)9-3-4-14(9)24/h5-6,8-9,13-14H,1-4,7,22H2,(H,26,27). The second-order valence-electron chi connectivity index (χ2n) is 7.86. The van der Waals surface area contributed by atoms with E-state index >= 15 is 4.39 Å². The van der Waals surface area contributed by atoms with Gasteiger partial charge in [-0.1, -0.05) is 0 Å². The molecule has 3 atom stereocenters. The van der Waals surface area contributed by atoms with E-state index in [-0.39, 0.29) is 40.6 Å². The maximum atomic E-state index is 15.6. The fraction of sp³-hybridized carbons (Fsp3) is 0.474. The molecule has 3 unspecified atom stereocenters. The van der Waals surface area contributed by atoms with Crippen LogP contribution >= 0.6 is 0 Å². The van der Waals surface area contributed by atoms with E-state index in [2.05, 4.69) is 0 Å². The molecule has 27 heavy (non-hydrogen) atoms. The number of anilines is 1. The molecule has 0 amide bonds. The molecule has 1 aromatic carbocycles. The number of pyridine rings is 1. The molecule has 2 saturated carbocycles. The van der Waals surface area contributed by atoms with Gasteiger partial charge in [-0.25, -0.2) is 13.6 Å². The average Bonchev–Trinajstić information content (AvgIpc) is 3.35. The van der Waals surface area contributed by atoms with Crippen LogP contribution in [0.4, 0.5) is 14.5 Å². The molecule has 0 bridgehead atoms. The molecule has 8 heteroatoms. The van der Waals surface area contributed by atoms with Gasteiger partial charge in [0.2, 0.25) is 5.43 Å². The van der Waals surface area contributed by atoms with Crippen molar-refractivity contribution in [1.82, 2.24) is 4.57 Å². The van der Waals surface area contributed by atoms with Gasteiger partial charge < -0.3 is 20.3 Å². The first-order valence-corrected chi connectivity index (χ1v) is 9.21. The first kappa shape index (κ1) is 16.7. The van der Waals surface area contributed by atoms with Gasteiger partial charge in [-0.15, -0.1) is 0 Å². The minimum atomic E-state index is -1.40. The third-order valence-electron chi connectivity index (χ3n) is 6.29. The van der Waals surface area contributed by atoms with Gasteiger partial charge in [0.25, 0.3) is 0 Å². The highest BCUT2D eigenvalue weighted by Crippen LogP contribution is 2.45. The Bertz CT molecular complexity index is 1050. The van der Waals surface area contributed by atoms with E-state index in [0.717, 1.165) is 31.7 Å². The number of rotatable bonds is 3. The van der Waals surface area contributed by atoms with Crippen LogP contribution in [-0.4, -0.2) is 34.3 Å². The number of carbonyl (C=O) groups is 1. The molecule has 1 saturated heterocycles. The van der Waals surface area contributed by atoms with Crippen LogP contribution in [0.1, 0.15) is 42.1 Å². The molecule has 2 aliphatic carbocycles. The molecule has 142 valence electrons. The second-order valence-corrected chi connectivity index (χ2v) is 7.86. The van der Waals surface area contributed by atoms with E-state index in [9.17, 15) is 19.1 Å². The number of nitrogens with zero attached hydrogens (tertiary/aromatic N) is 2. The van der Waals surface area contributed by atoms with Crippen molar-refractivity contribution >= 4 is 22.6 Å². The Labute approximate surface area is 153 Å². The minimum Gasteiger partial charge on any atom is -0.477 e. The number of hydrogen-bond donors (Lipinski definition) is 2. The lowest BCUT2D eigenvalue weighted by molar-refractivity contribution is 0.0695. The van der Waals surface area contributed by atoms with Crippen molar-refractivity contribution in [3.05, 3.63) is 39.7 Å². The van der Waals surface area contributed by atoms with E-state index in [0.29, 0.717) is 6.54 Å². The molecule has 1 aromatic heterocycles. The summed E-state index contributed by atoms with van der Waals surface area (Å²) in [7, 11) is 0. The Morgan fingerprint density at radius 1 is 1.22 bits per heavy atom. The summed E-state index contributed by atoms with van der Waals surface area (Å²) in [6.45, 7) is 0.371. The van der Waals surface area contributed by atoms with Crippen LogP contribution in [0.3, 0.4) is 0 Å². The number of hydrogen-bond acceptors (Lipinski definition) is 4. The molecule has 6 nitrogen and oxygen atoms in total. The summed E-state index contributed by atoms with van der Waals surface area (Å²) in [5, 5.41) is 9.07. The number of halogens is 2. The quantitative estimate of drug-likeness (QED) is 0.859. The fourth-order valence-electron chi connectivity index (χ4n) is 4.64. The molecule has 3 N–H and O–H groups in total. The van der Waals surface area contributed by atoms with Crippen molar-refractivity contribution in [2.75, 3.05) is 11.4 Å². The molecular formula is C19H19F2N3O3. The first-order valence-electron chi connectivity index (χ1n) is 9.21. The zero-order valence-corrected chi connectivity index (χ0v) is 14.5. The van der Waals surface area contributed by atoms with Gasteiger partial charge in [0.05, 0.1) is 10.9 Å². The summed E-state index contributed by atoms with van der Waals surface area (Å²) in [5.41, 5.74) is 4.62. The van der Waals surface area contributed by atoms with E-state index in [1.165, 1.54) is 10.8 Å². The van der Waals surface area contributed by atoms with Crippen molar-refractivity contribution in [2.45, 2.75) is 43.8 Å². The molecule has 3 aliphatic rings. The molecular weight excluding hydrogens is 356 g/mol. The first-order chi connectivity index (χ1) is 12.9. The maximum absolute atomic E-state index is 15.6. The average molecular weight is 375 g/mol. The number of carboxylic acids is 1. The van der Waals surface area contributed by atoms with Crippen molar-refractivity contribution < 1.29 is 18.7 Å². The summed E-state index contributed by atoms with van der Waals surface area (Å²) in [6, 6.07) is 0.800. The Hall–Kier alpha value is -2.48. The zero-order valence-electron chi connectivity index (χ0n) is 14.5. The highest BCUT2D eigenvalue weighted by Gasteiger charge is 2.47. The Balaban J connectivity index is 1.78. The van der Waals surface area contributed by atoms with Crippen LogP contribution in [0.15, 0.2) is 17.1 Å². The van der Waals surface area contributed by atoms with Crippen LogP contribution in [0.5, 0.6) is 0 Å². The molecule has 2 heterocycles. The second kappa shape index (κ2) is 5.51. The zero-order chi connectivity index (χ0) is 19.0. The van der Waals surface area contributed by atoms with Crippen molar-refractivity contribution in [1.29, 1.82) is 0 Å². The molecule has 3 fully saturated rings. The van der Waals surface area contributed by atoms with Crippen LogP contribution in [-0.2, 0) is 0 Å². The number of benzene rings is 1. The SMILES string of the molecule is NC1CN(c2c(F)cc3c(=O)c(C(=O)O)cn(C4CC4)c3c2F)C2CCC12. The highest BCUT2D eigenvalue weighted by molar-refractivity contribution is 5.94. The fourth-order valence-corrected chi connectivity index (χ4v) is 4.64. The number of nitrogens with two attached hydrogens (primary N) is 1. The Morgan fingerprint density at radius 3 is 2.52 bits per heavy atom. The summed E-state index contributed by atoms with van der Waals surface area (Å²) in [6.07, 6.45) is 4.51. The lowest BCUT2D eigenvalue weighted by Gasteiger charge is -2.38. The van der Waals surface area contributed by atoms with Crippen LogP contribution in [0.25, 0.3) is 10.9 Å². The lowest BCUT2D eigenvalue weighted by atomic mass is 9.78. The van der Waals surface area contributed by atoms with Gasteiger partial charge in [0, 0.05) is 30.9 Å². The number of fused-ring (bicyclic) bond motifs is 2. The van der Waals surface area contributed by atoms with Gasteiger partial charge >= 0.3 is 5.97 Å². The molecule has 0 spiro atoms. The third-order valence-corrected chi connectivity index (χ3v) is 6.29. The Morgan fingerprint density at radius 2 is 1.96 bits per heavy atom. The predicted octanol–water partition coefficient (Wildman–Crippen LogP) is 2.24. The monoisotopic (exact) mass is 375 g/mol. The molecule has 2 aromatic rings.